The molecule has 1 saturated carbocycles. The van der Waals surface area contributed by atoms with Gasteiger partial charge in [-0.1, -0.05) is 0 Å². The molecule has 6 nitrogen and oxygen atoms in total. The van der Waals surface area contributed by atoms with Crippen molar-refractivity contribution in [1.82, 2.24) is 19.6 Å². The van der Waals surface area contributed by atoms with Gasteiger partial charge in [-0.2, -0.15) is 10.2 Å². The second kappa shape index (κ2) is 6.07. The topological polar surface area (TPSA) is 64.7 Å². The predicted octanol–water partition coefficient (Wildman–Crippen LogP) is 3.04. The lowest BCUT2D eigenvalue weighted by Crippen LogP contribution is -2.23. The molecule has 130 valence electrons. The van der Waals surface area contributed by atoms with Crippen LogP contribution in [0.5, 0.6) is 0 Å². The Morgan fingerprint density at radius 1 is 1.29 bits per heavy atom. The van der Waals surface area contributed by atoms with Gasteiger partial charge in [0.25, 0.3) is 0 Å². The Bertz CT molecular complexity index is 746. The number of aromatic nitrogens is 4. The summed E-state index contributed by atoms with van der Waals surface area (Å²) in [4.78, 5) is 12.4. The number of carbonyl (C=O) groups is 1. The highest BCUT2D eigenvalue weighted by atomic mass is 16.1. The maximum Gasteiger partial charge on any atom is 0.230 e. The van der Waals surface area contributed by atoms with Gasteiger partial charge in [-0.3, -0.25) is 14.2 Å². The van der Waals surface area contributed by atoms with Crippen LogP contribution in [0.2, 0.25) is 0 Å². The lowest BCUT2D eigenvalue weighted by atomic mass is 10.1. The summed E-state index contributed by atoms with van der Waals surface area (Å²) in [6, 6.07) is 1.83. The van der Waals surface area contributed by atoms with Crippen LogP contribution in [-0.2, 0) is 23.3 Å². The summed E-state index contributed by atoms with van der Waals surface area (Å²) < 4.78 is 3.91. The molecular weight excluding hydrogens is 302 g/mol. The molecule has 0 spiro atoms. The zero-order chi connectivity index (χ0) is 17.5. The molecule has 2 heterocycles. The highest BCUT2D eigenvalue weighted by molar-refractivity contribution is 5.91. The zero-order valence-electron chi connectivity index (χ0n) is 15.3. The van der Waals surface area contributed by atoms with E-state index in [4.69, 9.17) is 0 Å². The van der Waals surface area contributed by atoms with Crippen LogP contribution < -0.4 is 5.32 Å². The number of rotatable bonds is 5. The highest BCUT2D eigenvalue weighted by Gasteiger charge is 2.24. The van der Waals surface area contributed by atoms with Crippen molar-refractivity contribution >= 4 is 11.7 Å². The number of anilines is 1. The van der Waals surface area contributed by atoms with E-state index in [2.05, 4.69) is 47.9 Å². The molecule has 0 saturated heterocycles. The van der Waals surface area contributed by atoms with Crippen LogP contribution in [0.1, 0.15) is 50.6 Å². The molecule has 2 aromatic heterocycles. The van der Waals surface area contributed by atoms with E-state index in [9.17, 15) is 4.79 Å². The lowest BCUT2D eigenvalue weighted by Gasteiger charge is -2.18. The quantitative estimate of drug-likeness (QED) is 0.917. The van der Waals surface area contributed by atoms with Gasteiger partial charge in [0, 0.05) is 30.1 Å². The van der Waals surface area contributed by atoms with E-state index in [0.717, 1.165) is 29.4 Å². The molecule has 1 N–H and O–H groups in total. The van der Waals surface area contributed by atoms with Gasteiger partial charge in [0.1, 0.15) is 0 Å². The first-order valence-corrected chi connectivity index (χ1v) is 8.63. The molecule has 0 aromatic carbocycles. The smallest absolute Gasteiger partial charge is 0.230 e. The number of amides is 1. The maximum absolute atomic E-state index is 12.4. The normalized spacial score (nSPS) is 14.9. The van der Waals surface area contributed by atoms with Crippen LogP contribution in [0, 0.1) is 19.8 Å². The summed E-state index contributed by atoms with van der Waals surface area (Å²) in [5, 5.41) is 11.9. The standard InChI is InChI=1S/C18H27N5O/c1-12-15(13(2)22(20-12)11-14-6-7-14)10-17(24)19-16-8-9-23(21-16)18(3,4)5/h8-9,14H,6-7,10-11H2,1-5H3,(H,19,21,24). The molecule has 24 heavy (non-hydrogen) atoms. The molecule has 0 unspecified atom stereocenters. The number of hydrogen-bond acceptors (Lipinski definition) is 3. The van der Waals surface area contributed by atoms with E-state index < -0.39 is 0 Å². The van der Waals surface area contributed by atoms with Crippen molar-refractivity contribution in [2.45, 2.75) is 66.0 Å². The molecular formula is C18H27N5O. The third kappa shape index (κ3) is 3.68. The first kappa shape index (κ1) is 16.7. The average Bonchev–Trinajstić information content (AvgIpc) is 3.10. The van der Waals surface area contributed by atoms with Gasteiger partial charge < -0.3 is 5.32 Å². The fourth-order valence-electron chi connectivity index (χ4n) is 2.82. The van der Waals surface area contributed by atoms with E-state index in [-0.39, 0.29) is 11.4 Å². The van der Waals surface area contributed by atoms with Crippen molar-refractivity contribution in [3.8, 4) is 0 Å². The molecule has 6 heteroatoms. The summed E-state index contributed by atoms with van der Waals surface area (Å²) in [5.74, 6) is 1.31. The third-order valence-corrected chi connectivity index (χ3v) is 4.54. The molecule has 2 aromatic rings. The van der Waals surface area contributed by atoms with Crippen molar-refractivity contribution < 1.29 is 4.79 Å². The Hall–Kier alpha value is -2.11. The van der Waals surface area contributed by atoms with Gasteiger partial charge in [0.05, 0.1) is 17.7 Å². The monoisotopic (exact) mass is 329 g/mol. The number of carbonyl (C=O) groups excluding carboxylic acids is 1. The lowest BCUT2D eigenvalue weighted by molar-refractivity contribution is -0.115. The fraction of sp³-hybridized carbons (Fsp3) is 0.611. The van der Waals surface area contributed by atoms with Gasteiger partial charge in [-0.15, -0.1) is 0 Å². The van der Waals surface area contributed by atoms with Crippen LogP contribution in [0.25, 0.3) is 0 Å². The van der Waals surface area contributed by atoms with Gasteiger partial charge in [-0.05, 0) is 53.4 Å². The maximum atomic E-state index is 12.4. The van der Waals surface area contributed by atoms with Crippen LogP contribution >= 0.6 is 0 Å². The molecule has 1 aliphatic carbocycles. The van der Waals surface area contributed by atoms with Crippen LogP contribution in [-0.4, -0.2) is 25.5 Å². The van der Waals surface area contributed by atoms with E-state index in [1.54, 1.807) is 0 Å². The molecule has 1 fully saturated rings. The van der Waals surface area contributed by atoms with Crippen LogP contribution in [0.15, 0.2) is 12.3 Å². The minimum Gasteiger partial charge on any atom is -0.309 e. The van der Waals surface area contributed by atoms with Gasteiger partial charge in [0.2, 0.25) is 5.91 Å². The second-order valence-corrected chi connectivity index (χ2v) is 7.82. The number of nitrogens with zero attached hydrogens (tertiary/aromatic N) is 4. The van der Waals surface area contributed by atoms with E-state index in [1.807, 2.05) is 23.9 Å². The van der Waals surface area contributed by atoms with Crippen molar-refractivity contribution in [3.63, 3.8) is 0 Å². The van der Waals surface area contributed by atoms with E-state index >= 15 is 0 Å². The molecule has 0 atom stereocenters. The fourth-order valence-corrected chi connectivity index (χ4v) is 2.82. The van der Waals surface area contributed by atoms with Crippen LogP contribution in [0.3, 0.4) is 0 Å². The summed E-state index contributed by atoms with van der Waals surface area (Å²) >= 11 is 0. The largest absolute Gasteiger partial charge is 0.309 e. The first-order valence-electron chi connectivity index (χ1n) is 8.63. The van der Waals surface area contributed by atoms with Crippen molar-refractivity contribution in [3.05, 3.63) is 29.2 Å². The van der Waals surface area contributed by atoms with Crippen molar-refractivity contribution in [1.29, 1.82) is 0 Å². The minimum absolute atomic E-state index is 0.0497. The number of nitrogens with one attached hydrogen (secondary N) is 1. The Morgan fingerprint density at radius 3 is 2.58 bits per heavy atom. The zero-order valence-corrected chi connectivity index (χ0v) is 15.3. The summed E-state index contributed by atoms with van der Waals surface area (Å²) in [7, 11) is 0. The second-order valence-electron chi connectivity index (χ2n) is 7.82. The molecule has 0 radical (unpaired) electrons. The van der Waals surface area contributed by atoms with Crippen LogP contribution in [0.4, 0.5) is 5.82 Å². The molecule has 0 bridgehead atoms. The van der Waals surface area contributed by atoms with E-state index in [0.29, 0.717) is 12.2 Å². The minimum atomic E-state index is -0.0971. The van der Waals surface area contributed by atoms with Crippen molar-refractivity contribution in [2.75, 3.05) is 5.32 Å². The molecule has 1 aliphatic rings. The Labute approximate surface area is 143 Å². The van der Waals surface area contributed by atoms with Gasteiger partial charge in [0.15, 0.2) is 5.82 Å². The SMILES string of the molecule is Cc1nn(CC2CC2)c(C)c1CC(=O)Nc1ccn(C(C)(C)C)n1. The highest BCUT2D eigenvalue weighted by Crippen LogP contribution is 2.31. The first-order chi connectivity index (χ1) is 11.2. The summed E-state index contributed by atoms with van der Waals surface area (Å²) in [6.07, 6.45) is 4.82. The van der Waals surface area contributed by atoms with Crippen molar-refractivity contribution in [2.24, 2.45) is 5.92 Å². The Morgan fingerprint density at radius 2 is 2.00 bits per heavy atom. The predicted molar refractivity (Wildman–Crippen MR) is 94.0 cm³/mol. The Balaban J connectivity index is 1.66. The summed E-state index contributed by atoms with van der Waals surface area (Å²) in [5.41, 5.74) is 2.99. The number of hydrogen-bond donors (Lipinski definition) is 1. The average molecular weight is 329 g/mol. The molecule has 1 amide bonds. The Kier molecular flexibility index (Phi) is 4.24. The molecule has 3 rings (SSSR count). The van der Waals surface area contributed by atoms with Gasteiger partial charge >= 0.3 is 0 Å². The summed E-state index contributed by atoms with van der Waals surface area (Å²) in [6.45, 7) is 11.2. The number of aryl methyl sites for hydroxylation is 1. The molecule has 0 aliphatic heterocycles. The van der Waals surface area contributed by atoms with Gasteiger partial charge in [-0.25, -0.2) is 0 Å². The third-order valence-electron chi connectivity index (χ3n) is 4.54. The van der Waals surface area contributed by atoms with E-state index in [1.165, 1.54) is 12.8 Å².